The second kappa shape index (κ2) is 23.1. The normalized spacial score (nSPS) is 11.1. The topological polar surface area (TPSA) is 132 Å². The maximum Gasteiger partial charge on any atom is 0.408 e. The molecule has 10 nitrogen and oxygen atoms in total. The molecule has 0 radical (unpaired) electrons. The molecule has 15 heteroatoms. The van der Waals surface area contributed by atoms with Gasteiger partial charge < -0.3 is 40.1 Å². The molecule has 0 aliphatic heterocycles. The van der Waals surface area contributed by atoms with Crippen molar-refractivity contribution in [3.63, 3.8) is 0 Å². The maximum atomic E-state index is 13.2. The summed E-state index contributed by atoms with van der Waals surface area (Å²) in [5, 5.41) is 2.62. The van der Waals surface area contributed by atoms with Crippen molar-refractivity contribution in [3.8, 4) is 33.9 Å². The number of carbonyl (C=O) groups is 2. The van der Waals surface area contributed by atoms with E-state index in [1.165, 1.54) is 6.21 Å². The molecule has 1 N–H and O–H groups in total. The summed E-state index contributed by atoms with van der Waals surface area (Å²) in [7, 11) is 0. The Hall–Kier alpha value is -6.83. The monoisotopic (exact) mass is 1000 g/mol. The number of nitrogens with zero attached hydrogens (tertiary/aromatic N) is 6. The Labute approximate surface area is 363 Å². The number of halogens is 4. The molecule has 61 heavy (non-hydrogen) atoms. The number of hydrogen-bond acceptors (Lipinski definition) is 8. The van der Waals surface area contributed by atoms with Gasteiger partial charge in [-0.25, -0.2) is 9.79 Å². The van der Waals surface area contributed by atoms with Crippen molar-refractivity contribution >= 4 is 18.2 Å². The third kappa shape index (κ3) is 15.4. The standard InChI is InChI=1S/C24H25N5O3.2C11H6F2N.Ir/c1-24(2,3)32-23(31)29-21(14-17-9-12-25-13-10-17)22(30)28-16-18-7-8-20(27-15-18)19-6-4-5-11-26-19;2*12-8-4-5-9(10(13)7-8)11-3-1-2-6-14-11;/h4-13,15-16,21H,14H2,1-3H3,(H,29,31);2*1-4,6-7H;/q;2*-1;-3/t21-;;;/m0.../s1. The number of amides is 2. The number of benzene rings is 2. The van der Waals surface area contributed by atoms with E-state index in [2.05, 4.69) is 47.4 Å². The summed E-state index contributed by atoms with van der Waals surface area (Å²) in [6.07, 6.45) is 10.7. The number of hydrogen-bond donors (Lipinski definition) is 1. The van der Waals surface area contributed by atoms with Crippen LogP contribution in [0.5, 0.6) is 0 Å². The molecular weight excluding hydrogens is 967 g/mol. The Bertz CT molecular complexity index is 2400. The number of aliphatic imine (C=N–C) groups is 1. The van der Waals surface area contributed by atoms with Gasteiger partial charge in [-0.2, -0.15) is 0 Å². The zero-order valence-corrected chi connectivity index (χ0v) is 35.3. The minimum Gasteiger partial charge on any atom is -3.00 e. The van der Waals surface area contributed by atoms with E-state index in [1.54, 1.807) is 113 Å². The van der Waals surface area contributed by atoms with Crippen LogP contribution in [0.15, 0.2) is 145 Å². The van der Waals surface area contributed by atoms with Gasteiger partial charge in [-0.15, -0.1) is 24.3 Å². The first-order valence-electron chi connectivity index (χ1n) is 18.2. The molecule has 0 aliphatic carbocycles. The van der Waals surface area contributed by atoms with Crippen molar-refractivity contribution in [2.75, 3.05) is 0 Å². The first kappa shape index (κ1) is 46.9. The summed E-state index contributed by atoms with van der Waals surface area (Å²) in [6.45, 7) is 5.27. The third-order valence-corrected chi connectivity index (χ3v) is 7.79. The average molecular weight is 1000 g/mol. The van der Waals surface area contributed by atoms with Crippen LogP contribution in [0.25, 0.3) is 33.9 Å². The van der Waals surface area contributed by atoms with Crippen LogP contribution in [-0.4, -0.2) is 54.8 Å². The van der Waals surface area contributed by atoms with E-state index < -0.39 is 46.9 Å². The molecule has 0 saturated heterocycles. The van der Waals surface area contributed by atoms with Gasteiger partial charge in [-0.1, -0.05) is 53.6 Å². The Balaban J connectivity index is 0.000000232. The first-order valence-corrected chi connectivity index (χ1v) is 18.2. The molecule has 7 rings (SSSR count). The van der Waals surface area contributed by atoms with Gasteiger partial charge in [0.1, 0.15) is 11.6 Å². The molecule has 5 heterocycles. The molecule has 2 amide bonds. The van der Waals surface area contributed by atoms with Crippen LogP contribution in [0.4, 0.5) is 22.4 Å². The molecule has 0 fully saturated rings. The maximum absolute atomic E-state index is 13.2. The van der Waals surface area contributed by atoms with E-state index in [-0.39, 0.29) is 37.7 Å². The number of carbonyl (C=O) groups excluding carboxylic acids is 2. The number of rotatable bonds is 8. The SMILES string of the molecule is CC(C)(C)OC(=O)N[C@@H](Cc1ccncc1)C(=O)N=Cc1ccc(-c2ccccn2)nc1.Fc1c[c-]c(-c2ccccn2)c(F)c1.Fc1c[c-]c(-c2ccccn2)c(F)c1.[Ir-3]. The molecule has 5 aromatic heterocycles. The zero-order valence-electron chi connectivity index (χ0n) is 32.9. The van der Waals surface area contributed by atoms with Crippen molar-refractivity contribution < 1.29 is 52.0 Å². The molecule has 316 valence electrons. The number of pyridine rings is 5. The van der Waals surface area contributed by atoms with Crippen LogP contribution in [0, 0.1) is 35.4 Å². The van der Waals surface area contributed by atoms with Gasteiger partial charge in [0.15, 0.2) is 0 Å². The second-order valence-electron chi connectivity index (χ2n) is 13.6. The number of ether oxygens (including phenoxy) is 1. The Kier molecular flexibility index (Phi) is 17.7. The molecule has 0 unspecified atom stereocenters. The Morgan fingerprint density at radius 3 is 1.66 bits per heavy atom. The fourth-order valence-corrected chi connectivity index (χ4v) is 5.08. The van der Waals surface area contributed by atoms with Crippen LogP contribution in [0.1, 0.15) is 31.9 Å². The second-order valence-corrected chi connectivity index (χ2v) is 13.6. The fraction of sp³-hybridized carbons (Fsp3) is 0.130. The van der Waals surface area contributed by atoms with Gasteiger partial charge in [0.05, 0.1) is 11.4 Å². The average Bonchev–Trinajstić information content (AvgIpc) is 3.24. The summed E-state index contributed by atoms with van der Waals surface area (Å²) in [4.78, 5) is 49.6. The van der Waals surface area contributed by atoms with Gasteiger partial charge in [0, 0.05) is 78.6 Å². The predicted octanol–water partition coefficient (Wildman–Crippen LogP) is 9.27. The quantitative estimate of drug-likeness (QED) is 0.0906. The van der Waals surface area contributed by atoms with Crippen LogP contribution in [0.3, 0.4) is 0 Å². The van der Waals surface area contributed by atoms with Crippen LogP contribution in [0.2, 0.25) is 0 Å². The van der Waals surface area contributed by atoms with E-state index in [1.807, 2.05) is 24.3 Å². The van der Waals surface area contributed by atoms with Gasteiger partial charge >= 0.3 is 6.09 Å². The Morgan fingerprint density at radius 2 is 1.21 bits per heavy atom. The minimum atomic E-state index is -0.885. The zero-order chi connectivity index (χ0) is 42.9. The minimum absolute atomic E-state index is 0. The van der Waals surface area contributed by atoms with E-state index in [0.29, 0.717) is 17.0 Å². The molecule has 7 aromatic rings. The first-order chi connectivity index (χ1) is 28.8. The van der Waals surface area contributed by atoms with E-state index in [0.717, 1.165) is 41.2 Å². The number of aromatic nitrogens is 5. The van der Waals surface area contributed by atoms with Crippen molar-refractivity contribution in [1.82, 2.24) is 30.2 Å². The molecule has 0 bridgehead atoms. The van der Waals surface area contributed by atoms with E-state index >= 15 is 0 Å². The van der Waals surface area contributed by atoms with Crippen molar-refractivity contribution in [2.24, 2.45) is 4.99 Å². The molecule has 0 spiro atoms. The fourth-order valence-electron chi connectivity index (χ4n) is 5.08. The molecule has 0 saturated carbocycles. The van der Waals surface area contributed by atoms with E-state index in [4.69, 9.17) is 4.74 Å². The largest absolute Gasteiger partial charge is 3.00 e. The third-order valence-electron chi connectivity index (χ3n) is 7.79. The van der Waals surface area contributed by atoms with E-state index in [9.17, 15) is 27.2 Å². The van der Waals surface area contributed by atoms with Crippen LogP contribution >= 0.6 is 0 Å². The van der Waals surface area contributed by atoms with Gasteiger partial charge in [0.2, 0.25) is 0 Å². The van der Waals surface area contributed by atoms with Crippen LogP contribution in [-0.2, 0) is 36.1 Å². The van der Waals surface area contributed by atoms with Gasteiger partial charge in [-0.3, -0.25) is 37.3 Å². The van der Waals surface area contributed by atoms with Gasteiger partial charge in [0.25, 0.3) is 5.91 Å². The summed E-state index contributed by atoms with van der Waals surface area (Å²) in [5.41, 5.74) is 3.55. The molecule has 2 aromatic carbocycles. The molecule has 0 aliphatic rings. The summed E-state index contributed by atoms with van der Waals surface area (Å²) in [5.74, 6) is -3.07. The van der Waals surface area contributed by atoms with Crippen molar-refractivity contribution in [1.29, 1.82) is 0 Å². The van der Waals surface area contributed by atoms with Crippen LogP contribution < -0.4 is 5.32 Å². The molecule has 1 atom stereocenters. The summed E-state index contributed by atoms with van der Waals surface area (Å²) >= 11 is 0. The predicted molar refractivity (Wildman–Crippen MR) is 218 cm³/mol. The Morgan fingerprint density at radius 1 is 0.705 bits per heavy atom. The van der Waals surface area contributed by atoms with Crippen molar-refractivity contribution in [2.45, 2.75) is 38.8 Å². The molecular formula is C46H37F4IrN7O3-5. The number of alkyl carbamates (subject to hydrolysis) is 1. The smallest absolute Gasteiger partial charge is 0.408 e. The number of nitrogens with one attached hydrogen (secondary N) is 1. The summed E-state index contributed by atoms with van der Waals surface area (Å²) < 4.78 is 56.9. The van der Waals surface area contributed by atoms with Gasteiger partial charge in [-0.05, 0) is 86.3 Å². The summed E-state index contributed by atoms with van der Waals surface area (Å²) in [6, 6.07) is 30.9. The van der Waals surface area contributed by atoms with Crippen molar-refractivity contribution in [3.05, 3.63) is 187 Å².